The van der Waals surface area contributed by atoms with Crippen molar-refractivity contribution >= 4 is 21.6 Å². The summed E-state index contributed by atoms with van der Waals surface area (Å²) in [5.74, 6) is 0. The van der Waals surface area contributed by atoms with E-state index < -0.39 is 10.0 Å². The van der Waals surface area contributed by atoms with Crippen molar-refractivity contribution in [2.45, 2.75) is 24.8 Å². The molecule has 1 fully saturated rings. The zero-order chi connectivity index (χ0) is 11.7. The average Bonchev–Trinajstić information content (AvgIpc) is 2.10. The third kappa shape index (κ3) is 2.64. The van der Waals surface area contributed by atoms with Crippen LogP contribution in [-0.2, 0) is 10.0 Å². The maximum atomic E-state index is 11.5. The lowest BCUT2D eigenvalue weighted by Crippen LogP contribution is -2.57. The average molecular weight is 255 g/mol. The molecule has 0 unspecified atom stereocenters. The summed E-state index contributed by atoms with van der Waals surface area (Å²) in [5.41, 5.74) is 0.0217. The van der Waals surface area contributed by atoms with Gasteiger partial charge in [-0.25, -0.2) is 12.7 Å². The summed E-state index contributed by atoms with van der Waals surface area (Å²) in [5, 5.41) is -0.340. The maximum Gasteiger partial charge on any atom is 0.227 e. The fourth-order valence-electron chi connectivity index (χ4n) is 1.93. The predicted octanol–water partition coefficient (Wildman–Crippen LogP) is 0.929. The molecular weight excluding hydrogens is 236 g/mol. The van der Waals surface area contributed by atoms with Gasteiger partial charge in [-0.1, -0.05) is 0 Å². The summed E-state index contributed by atoms with van der Waals surface area (Å²) in [6.45, 7) is 0.537. The van der Waals surface area contributed by atoms with Crippen LogP contribution in [0.5, 0.6) is 0 Å². The molecule has 0 N–H and O–H groups in total. The zero-order valence-corrected chi connectivity index (χ0v) is 11.1. The summed E-state index contributed by atoms with van der Waals surface area (Å²) in [4.78, 5) is 2.12. The van der Waals surface area contributed by atoms with Gasteiger partial charge >= 0.3 is 0 Å². The molecule has 0 amide bonds. The van der Waals surface area contributed by atoms with Crippen molar-refractivity contribution in [1.82, 2.24) is 9.21 Å². The monoisotopic (exact) mass is 254 g/mol. The molecular formula is C9H19ClN2O2S. The highest BCUT2D eigenvalue weighted by Gasteiger charge is 2.41. The molecule has 0 spiro atoms. The number of alkyl halides is 1. The van der Waals surface area contributed by atoms with Gasteiger partial charge in [0.25, 0.3) is 0 Å². The van der Waals surface area contributed by atoms with Crippen LogP contribution in [-0.4, -0.2) is 56.1 Å². The Kier molecular flexibility index (Phi) is 4.03. The van der Waals surface area contributed by atoms with Crippen molar-refractivity contribution in [2.24, 2.45) is 0 Å². The molecule has 0 aromatic heterocycles. The minimum atomic E-state index is -3.27. The van der Waals surface area contributed by atoms with Crippen LogP contribution in [0.4, 0.5) is 0 Å². The van der Waals surface area contributed by atoms with Crippen molar-refractivity contribution in [3.8, 4) is 0 Å². The molecule has 90 valence electrons. The fourth-order valence-corrected chi connectivity index (χ4v) is 3.03. The van der Waals surface area contributed by atoms with Gasteiger partial charge in [0.1, 0.15) is 5.21 Å². The van der Waals surface area contributed by atoms with Crippen LogP contribution in [0.1, 0.15) is 19.3 Å². The number of likely N-dealkylation sites (N-methyl/N-ethyl adjacent to an activating group) is 2. The molecule has 1 aliphatic carbocycles. The normalized spacial score (nSPS) is 20.7. The molecule has 0 aromatic rings. The van der Waals surface area contributed by atoms with E-state index in [0.717, 1.165) is 12.8 Å². The zero-order valence-electron chi connectivity index (χ0n) is 9.53. The van der Waals surface area contributed by atoms with E-state index in [2.05, 4.69) is 4.90 Å². The third-order valence-corrected chi connectivity index (χ3v) is 5.54. The second-order valence-corrected chi connectivity index (χ2v) is 7.11. The van der Waals surface area contributed by atoms with E-state index >= 15 is 0 Å². The van der Waals surface area contributed by atoms with Gasteiger partial charge < -0.3 is 4.90 Å². The highest BCUT2D eigenvalue weighted by atomic mass is 35.5. The van der Waals surface area contributed by atoms with Crippen LogP contribution < -0.4 is 0 Å². The number of rotatable bonds is 5. The summed E-state index contributed by atoms with van der Waals surface area (Å²) in [7, 11) is 2.33. The highest BCUT2D eigenvalue weighted by Crippen LogP contribution is 2.37. The van der Waals surface area contributed by atoms with E-state index in [1.165, 1.54) is 10.7 Å². The van der Waals surface area contributed by atoms with Crippen LogP contribution in [0.25, 0.3) is 0 Å². The van der Waals surface area contributed by atoms with Crippen molar-refractivity contribution in [2.75, 3.05) is 32.9 Å². The van der Waals surface area contributed by atoms with E-state index in [-0.39, 0.29) is 10.8 Å². The Morgan fingerprint density at radius 1 is 1.27 bits per heavy atom. The SMILES string of the molecule is CN(C)C1(CN(C)S(=O)(=O)CCl)CCC1. The second kappa shape index (κ2) is 4.57. The van der Waals surface area contributed by atoms with E-state index in [0.29, 0.717) is 6.54 Å². The number of halogens is 1. The molecule has 4 nitrogen and oxygen atoms in total. The summed E-state index contributed by atoms with van der Waals surface area (Å²) in [6.07, 6.45) is 3.29. The summed E-state index contributed by atoms with van der Waals surface area (Å²) >= 11 is 5.41. The van der Waals surface area contributed by atoms with Gasteiger partial charge in [0.15, 0.2) is 0 Å². The predicted molar refractivity (Wildman–Crippen MR) is 62.5 cm³/mol. The highest BCUT2D eigenvalue weighted by molar-refractivity contribution is 7.90. The van der Waals surface area contributed by atoms with E-state index in [4.69, 9.17) is 11.6 Å². The summed E-state index contributed by atoms with van der Waals surface area (Å²) in [6, 6.07) is 0. The Morgan fingerprint density at radius 2 is 1.80 bits per heavy atom. The number of sulfonamides is 1. The Balaban J connectivity index is 2.69. The number of nitrogens with zero attached hydrogens (tertiary/aromatic N) is 2. The Labute approximate surface area is 97.2 Å². The first-order valence-corrected chi connectivity index (χ1v) is 7.16. The molecule has 0 aliphatic heterocycles. The van der Waals surface area contributed by atoms with Crippen LogP contribution in [0, 0.1) is 0 Å². The van der Waals surface area contributed by atoms with Gasteiger partial charge in [-0.2, -0.15) is 0 Å². The van der Waals surface area contributed by atoms with Crippen molar-refractivity contribution in [3.05, 3.63) is 0 Å². The van der Waals surface area contributed by atoms with E-state index in [9.17, 15) is 8.42 Å². The Hall–Kier alpha value is 0.160. The lowest BCUT2D eigenvalue weighted by Gasteiger charge is -2.48. The van der Waals surface area contributed by atoms with Gasteiger partial charge in [-0.15, -0.1) is 11.6 Å². The Morgan fingerprint density at radius 3 is 2.07 bits per heavy atom. The van der Waals surface area contributed by atoms with Gasteiger partial charge in [0, 0.05) is 19.1 Å². The molecule has 0 radical (unpaired) electrons. The molecule has 0 atom stereocenters. The fraction of sp³-hybridized carbons (Fsp3) is 1.00. The first kappa shape index (κ1) is 13.2. The van der Waals surface area contributed by atoms with Crippen molar-refractivity contribution < 1.29 is 8.42 Å². The topological polar surface area (TPSA) is 40.6 Å². The maximum absolute atomic E-state index is 11.5. The minimum Gasteiger partial charge on any atom is -0.302 e. The third-order valence-electron chi connectivity index (χ3n) is 3.36. The molecule has 1 saturated carbocycles. The van der Waals surface area contributed by atoms with Crippen LogP contribution >= 0.6 is 11.6 Å². The van der Waals surface area contributed by atoms with Gasteiger partial charge in [0.2, 0.25) is 10.0 Å². The Bertz CT molecular complexity index is 312. The molecule has 0 bridgehead atoms. The lowest BCUT2D eigenvalue weighted by atomic mass is 9.75. The van der Waals surface area contributed by atoms with Crippen molar-refractivity contribution in [3.63, 3.8) is 0 Å². The quantitative estimate of drug-likeness (QED) is 0.686. The number of hydrogen-bond acceptors (Lipinski definition) is 3. The molecule has 0 aromatic carbocycles. The molecule has 1 aliphatic rings. The smallest absolute Gasteiger partial charge is 0.227 e. The largest absolute Gasteiger partial charge is 0.302 e. The second-order valence-electron chi connectivity index (χ2n) is 4.45. The lowest BCUT2D eigenvalue weighted by molar-refractivity contribution is 0.0456. The van der Waals surface area contributed by atoms with Gasteiger partial charge in [-0.05, 0) is 33.4 Å². The van der Waals surface area contributed by atoms with E-state index in [1.807, 2.05) is 14.1 Å². The van der Waals surface area contributed by atoms with Gasteiger partial charge in [-0.3, -0.25) is 0 Å². The van der Waals surface area contributed by atoms with Crippen LogP contribution in [0.2, 0.25) is 0 Å². The number of hydrogen-bond donors (Lipinski definition) is 0. The standard InChI is InChI=1S/C9H19ClN2O2S/c1-11(2)9(5-4-6-9)7-12(3)15(13,14)8-10/h4-8H2,1-3H3. The molecule has 15 heavy (non-hydrogen) atoms. The van der Waals surface area contributed by atoms with Crippen molar-refractivity contribution in [1.29, 1.82) is 0 Å². The first-order valence-electron chi connectivity index (χ1n) is 5.01. The van der Waals surface area contributed by atoms with Crippen LogP contribution in [0.3, 0.4) is 0 Å². The molecule has 1 rings (SSSR count). The minimum absolute atomic E-state index is 0.0217. The van der Waals surface area contributed by atoms with Crippen LogP contribution in [0.15, 0.2) is 0 Å². The van der Waals surface area contributed by atoms with Gasteiger partial charge in [0.05, 0.1) is 0 Å². The van der Waals surface area contributed by atoms with E-state index in [1.54, 1.807) is 7.05 Å². The summed E-state index contributed by atoms with van der Waals surface area (Å²) < 4.78 is 24.4. The molecule has 0 heterocycles. The molecule has 6 heteroatoms. The molecule has 0 saturated heterocycles. The first-order chi connectivity index (χ1) is 6.84.